The number of hydrogen-bond donors (Lipinski definition) is 2. The number of sulfonamides is 1. The molecule has 0 aromatic heterocycles. The second-order valence-electron chi connectivity index (χ2n) is 5.39. The minimum Gasteiger partial charge on any atom is -0.375 e. The standard InChI is InChI=1S/C16H17F3N2O2S/c1-11-7-8-12(2)15(9-11)24(22,23)21-14-6-4-3-5-13(14)20-10-16(17,18)19/h3-9,20-21H,10H2,1-2H3. The summed E-state index contributed by atoms with van der Waals surface area (Å²) in [5.74, 6) is 0. The van der Waals surface area contributed by atoms with Gasteiger partial charge < -0.3 is 5.32 Å². The fourth-order valence-electron chi connectivity index (χ4n) is 2.12. The van der Waals surface area contributed by atoms with Crippen LogP contribution in [-0.2, 0) is 10.0 Å². The highest BCUT2D eigenvalue weighted by Crippen LogP contribution is 2.27. The lowest BCUT2D eigenvalue weighted by atomic mass is 10.2. The van der Waals surface area contributed by atoms with Crippen LogP contribution in [0.15, 0.2) is 47.4 Å². The highest BCUT2D eigenvalue weighted by molar-refractivity contribution is 7.92. The molecule has 0 amide bonds. The van der Waals surface area contributed by atoms with Crippen molar-refractivity contribution in [2.75, 3.05) is 16.6 Å². The number of halogens is 3. The van der Waals surface area contributed by atoms with Crippen LogP contribution in [0.4, 0.5) is 24.5 Å². The van der Waals surface area contributed by atoms with E-state index >= 15 is 0 Å². The van der Waals surface area contributed by atoms with Gasteiger partial charge in [-0.3, -0.25) is 4.72 Å². The van der Waals surface area contributed by atoms with Gasteiger partial charge in [0, 0.05) is 0 Å². The summed E-state index contributed by atoms with van der Waals surface area (Å²) in [5.41, 5.74) is 1.43. The van der Waals surface area contributed by atoms with Gasteiger partial charge in [0.05, 0.1) is 16.3 Å². The Morgan fingerprint density at radius 1 is 1.00 bits per heavy atom. The van der Waals surface area contributed by atoms with Gasteiger partial charge in [-0.15, -0.1) is 0 Å². The molecule has 0 saturated heterocycles. The molecule has 4 nitrogen and oxygen atoms in total. The first-order chi connectivity index (χ1) is 11.1. The highest BCUT2D eigenvalue weighted by atomic mass is 32.2. The zero-order chi connectivity index (χ0) is 18.0. The maximum absolute atomic E-state index is 12.6. The van der Waals surface area contributed by atoms with Crippen LogP contribution in [0.2, 0.25) is 0 Å². The fourth-order valence-corrected chi connectivity index (χ4v) is 3.53. The van der Waals surface area contributed by atoms with Crippen LogP contribution >= 0.6 is 0 Å². The Morgan fingerprint density at radius 3 is 2.25 bits per heavy atom. The molecular formula is C16H17F3N2O2S. The largest absolute Gasteiger partial charge is 0.405 e. The first-order valence-corrected chi connectivity index (χ1v) is 8.56. The molecule has 0 spiro atoms. The van der Waals surface area contributed by atoms with E-state index in [1.54, 1.807) is 32.0 Å². The van der Waals surface area contributed by atoms with Gasteiger partial charge in [0.25, 0.3) is 10.0 Å². The molecule has 2 aromatic rings. The van der Waals surface area contributed by atoms with E-state index in [1.165, 1.54) is 24.3 Å². The van der Waals surface area contributed by atoms with Crippen LogP contribution in [0, 0.1) is 13.8 Å². The van der Waals surface area contributed by atoms with E-state index in [-0.39, 0.29) is 16.3 Å². The molecule has 0 aliphatic rings. The van der Waals surface area contributed by atoms with Crippen molar-refractivity contribution in [3.8, 4) is 0 Å². The van der Waals surface area contributed by atoms with Crippen LogP contribution in [0.1, 0.15) is 11.1 Å². The first kappa shape index (κ1) is 18.1. The number of nitrogens with one attached hydrogen (secondary N) is 2. The Balaban J connectivity index is 2.32. The third-order valence-electron chi connectivity index (χ3n) is 3.28. The van der Waals surface area contributed by atoms with Crippen molar-refractivity contribution >= 4 is 21.4 Å². The molecule has 2 N–H and O–H groups in total. The average Bonchev–Trinajstić information content (AvgIpc) is 2.47. The van der Waals surface area contributed by atoms with Crippen molar-refractivity contribution in [2.45, 2.75) is 24.9 Å². The van der Waals surface area contributed by atoms with Crippen LogP contribution in [0.3, 0.4) is 0 Å². The third kappa shape index (κ3) is 4.64. The van der Waals surface area contributed by atoms with E-state index in [9.17, 15) is 21.6 Å². The number of alkyl halides is 3. The van der Waals surface area contributed by atoms with Crippen molar-refractivity contribution < 1.29 is 21.6 Å². The molecule has 8 heteroatoms. The Morgan fingerprint density at radius 2 is 1.62 bits per heavy atom. The smallest absolute Gasteiger partial charge is 0.375 e. The number of benzene rings is 2. The van der Waals surface area contributed by atoms with Crippen molar-refractivity contribution in [2.24, 2.45) is 0 Å². The molecular weight excluding hydrogens is 341 g/mol. The van der Waals surface area contributed by atoms with Crippen molar-refractivity contribution in [1.82, 2.24) is 0 Å². The normalized spacial score (nSPS) is 12.0. The molecule has 0 radical (unpaired) electrons. The Kier molecular flexibility index (Phi) is 5.08. The number of aryl methyl sites for hydroxylation is 2. The lowest BCUT2D eigenvalue weighted by Gasteiger charge is -2.16. The first-order valence-electron chi connectivity index (χ1n) is 7.08. The van der Waals surface area contributed by atoms with Crippen LogP contribution in [-0.4, -0.2) is 21.1 Å². The summed E-state index contributed by atoms with van der Waals surface area (Å²) < 4.78 is 64.6. The SMILES string of the molecule is Cc1ccc(C)c(S(=O)(=O)Nc2ccccc2NCC(F)(F)F)c1. The van der Waals surface area contributed by atoms with Gasteiger partial charge in [0.15, 0.2) is 0 Å². The Bertz CT molecular complexity index is 833. The number of anilines is 2. The van der Waals surface area contributed by atoms with Gasteiger partial charge in [-0.05, 0) is 43.2 Å². The van der Waals surface area contributed by atoms with Gasteiger partial charge in [-0.25, -0.2) is 8.42 Å². The molecule has 0 atom stereocenters. The summed E-state index contributed by atoms with van der Waals surface area (Å²) in [4.78, 5) is 0.0909. The van der Waals surface area contributed by atoms with Crippen LogP contribution < -0.4 is 10.0 Å². The molecule has 0 aliphatic heterocycles. The Hall–Kier alpha value is -2.22. The van der Waals surface area contributed by atoms with Gasteiger partial charge in [-0.2, -0.15) is 13.2 Å². The number of para-hydroxylation sites is 2. The van der Waals surface area contributed by atoms with Crippen molar-refractivity contribution in [1.29, 1.82) is 0 Å². The predicted molar refractivity (Wildman–Crippen MR) is 87.7 cm³/mol. The van der Waals surface area contributed by atoms with E-state index in [1.807, 2.05) is 0 Å². The zero-order valence-electron chi connectivity index (χ0n) is 13.1. The van der Waals surface area contributed by atoms with E-state index in [0.29, 0.717) is 5.56 Å². The zero-order valence-corrected chi connectivity index (χ0v) is 13.9. The fraction of sp³-hybridized carbons (Fsp3) is 0.250. The van der Waals surface area contributed by atoms with Gasteiger partial charge >= 0.3 is 6.18 Å². The molecule has 2 aromatic carbocycles. The summed E-state index contributed by atoms with van der Waals surface area (Å²) in [6, 6.07) is 10.8. The molecule has 0 bridgehead atoms. The molecule has 0 saturated carbocycles. The molecule has 0 heterocycles. The summed E-state index contributed by atoms with van der Waals surface area (Å²) in [6.07, 6.45) is -4.40. The van der Waals surface area contributed by atoms with Crippen LogP contribution in [0.5, 0.6) is 0 Å². The van der Waals surface area contributed by atoms with Crippen molar-refractivity contribution in [3.05, 3.63) is 53.6 Å². The minimum absolute atomic E-state index is 0.0580. The molecule has 24 heavy (non-hydrogen) atoms. The molecule has 0 fully saturated rings. The number of hydrogen-bond acceptors (Lipinski definition) is 3. The predicted octanol–water partition coefficient (Wildman–Crippen LogP) is 4.08. The molecule has 2 rings (SSSR count). The second kappa shape index (κ2) is 6.72. The van der Waals surface area contributed by atoms with E-state index in [2.05, 4.69) is 10.0 Å². The third-order valence-corrected chi connectivity index (χ3v) is 4.79. The van der Waals surface area contributed by atoms with Crippen LogP contribution in [0.25, 0.3) is 0 Å². The van der Waals surface area contributed by atoms with E-state index < -0.39 is 22.7 Å². The molecule has 0 unspecified atom stereocenters. The quantitative estimate of drug-likeness (QED) is 0.847. The van der Waals surface area contributed by atoms with Crippen molar-refractivity contribution in [3.63, 3.8) is 0 Å². The summed E-state index contributed by atoms with van der Waals surface area (Å²) in [6.45, 7) is 2.16. The second-order valence-corrected chi connectivity index (χ2v) is 7.04. The maximum atomic E-state index is 12.6. The number of rotatable bonds is 5. The lowest BCUT2D eigenvalue weighted by molar-refractivity contribution is -0.115. The maximum Gasteiger partial charge on any atom is 0.405 e. The summed E-state index contributed by atoms with van der Waals surface area (Å²) in [5, 5.41) is 2.20. The Labute approximate surface area is 138 Å². The minimum atomic E-state index is -4.40. The summed E-state index contributed by atoms with van der Waals surface area (Å²) in [7, 11) is -3.91. The topological polar surface area (TPSA) is 58.2 Å². The average molecular weight is 358 g/mol. The summed E-state index contributed by atoms with van der Waals surface area (Å²) >= 11 is 0. The van der Waals surface area contributed by atoms with Gasteiger partial charge in [0.2, 0.25) is 0 Å². The lowest BCUT2D eigenvalue weighted by Crippen LogP contribution is -2.22. The monoisotopic (exact) mass is 358 g/mol. The van der Waals surface area contributed by atoms with E-state index in [0.717, 1.165) is 5.56 Å². The molecule has 0 aliphatic carbocycles. The van der Waals surface area contributed by atoms with E-state index in [4.69, 9.17) is 0 Å². The molecule has 130 valence electrons. The highest BCUT2D eigenvalue weighted by Gasteiger charge is 2.27. The van der Waals surface area contributed by atoms with Gasteiger partial charge in [-0.1, -0.05) is 24.3 Å². The van der Waals surface area contributed by atoms with Gasteiger partial charge in [0.1, 0.15) is 6.54 Å².